The number of aliphatic hydroxyl groups excluding tert-OH is 1. The van der Waals surface area contributed by atoms with Crippen molar-refractivity contribution in [2.75, 3.05) is 38.6 Å². The van der Waals surface area contributed by atoms with Crippen molar-refractivity contribution in [3.05, 3.63) is 17.7 Å². The van der Waals surface area contributed by atoms with E-state index in [0.29, 0.717) is 19.1 Å². The lowest BCUT2D eigenvalue weighted by Crippen LogP contribution is -2.36. The lowest BCUT2D eigenvalue weighted by Gasteiger charge is -2.32. The van der Waals surface area contributed by atoms with Crippen LogP contribution in [0.4, 0.5) is 5.69 Å². The lowest BCUT2D eigenvalue weighted by atomic mass is 9.98. The number of fused-ring (bicyclic) bond motifs is 1. The molecule has 3 N–H and O–H groups in total. The Morgan fingerprint density at radius 3 is 2.75 bits per heavy atom. The number of nitrogens with two attached hydrogens (primary N) is 1. The molecule has 5 nitrogen and oxygen atoms in total. The lowest BCUT2D eigenvalue weighted by molar-refractivity contribution is 0.115. The monoisotopic (exact) mass is 278 g/mol. The molecule has 3 rings (SSSR count). The Balaban J connectivity index is 1.73. The molecule has 1 saturated heterocycles. The number of likely N-dealkylation sites (tertiary alicyclic amines) is 1. The van der Waals surface area contributed by atoms with E-state index in [0.717, 1.165) is 55.2 Å². The first-order valence-electron chi connectivity index (χ1n) is 7.27. The summed E-state index contributed by atoms with van der Waals surface area (Å²) in [6.07, 6.45) is 2.25. The summed E-state index contributed by atoms with van der Waals surface area (Å²) in [5.41, 5.74) is 7.94. The fourth-order valence-electron chi connectivity index (χ4n) is 2.97. The standard InChI is InChI=1S/C15H22N2O3/c16-13-7-15-14(19-4-5-20-15)6-12(13)9-17-3-1-2-11(8-17)10-18/h6-7,11,18H,1-5,8-10,16H2. The number of hydrogen-bond donors (Lipinski definition) is 2. The third-order valence-corrected chi connectivity index (χ3v) is 4.06. The molecule has 0 aliphatic carbocycles. The molecule has 0 saturated carbocycles. The Bertz CT molecular complexity index is 478. The first kappa shape index (κ1) is 13.5. The average Bonchev–Trinajstić information content (AvgIpc) is 2.48. The van der Waals surface area contributed by atoms with E-state index < -0.39 is 0 Å². The van der Waals surface area contributed by atoms with Crippen LogP contribution in [0.2, 0.25) is 0 Å². The number of rotatable bonds is 3. The second kappa shape index (κ2) is 5.89. The Morgan fingerprint density at radius 2 is 2.00 bits per heavy atom. The van der Waals surface area contributed by atoms with Crippen molar-refractivity contribution in [3.63, 3.8) is 0 Å². The molecule has 0 aromatic heterocycles. The number of nitrogens with zero attached hydrogens (tertiary/aromatic N) is 1. The molecule has 2 aliphatic rings. The molecule has 1 fully saturated rings. The zero-order chi connectivity index (χ0) is 13.9. The van der Waals surface area contributed by atoms with Crippen LogP contribution in [0.5, 0.6) is 11.5 Å². The van der Waals surface area contributed by atoms with Crippen LogP contribution < -0.4 is 15.2 Å². The molecule has 1 atom stereocenters. The smallest absolute Gasteiger partial charge is 0.163 e. The summed E-state index contributed by atoms with van der Waals surface area (Å²) >= 11 is 0. The summed E-state index contributed by atoms with van der Waals surface area (Å²) in [4.78, 5) is 2.35. The Labute approximate surface area is 119 Å². The molecular formula is C15H22N2O3. The van der Waals surface area contributed by atoms with Gasteiger partial charge in [0.1, 0.15) is 13.2 Å². The van der Waals surface area contributed by atoms with Crippen LogP contribution in [0.25, 0.3) is 0 Å². The van der Waals surface area contributed by atoms with Crippen molar-refractivity contribution in [3.8, 4) is 11.5 Å². The Kier molecular flexibility index (Phi) is 3.98. The van der Waals surface area contributed by atoms with Gasteiger partial charge < -0.3 is 20.3 Å². The van der Waals surface area contributed by atoms with Gasteiger partial charge in [0.25, 0.3) is 0 Å². The number of ether oxygens (including phenoxy) is 2. The molecule has 5 heteroatoms. The van der Waals surface area contributed by atoms with Gasteiger partial charge in [-0.05, 0) is 36.9 Å². The van der Waals surface area contributed by atoms with Gasteiger partial charge in [0.2, 0.25) is 0 Å². The SMILES string of the molecule is Nc1cc2c(cc1CN1CCCC(CO)C1)OCCO2. The molecule has 0 spiro atoms. The van der Waals surface area contributed by atoms with Crippen LogP contribution in [0.3, 0.4) is 0 Å². The second-order valence-corrected chi connectivity index (χ2v) is 5.62. The average molecular weight is 278 g/mol. The minimum absolute atomic E-state index is 0.271. The number of benzene rings is 1. The molecule has 20 heavy (non-hydrogen) atoms. The Hall–Kier alpha value is -1.46. The van der Waals surface area contributed by atoms with Gasteiger partial charge in [-0.15, -0.1) is 0 Å². The van der Waals surface area contributed by atoms with E-state index in [2.05, 4.69) is 4.90 Å². The van der Waals surface area contributed by atoms with Gasteiger partial charge in [0.05, 0.1) is 0 Å². The number of aliphatic hydroxyl groups is 1. The highest BCUT2D eigenvalue weighted by molar-refractivity contribution is 5.58. The van der Waals surface area contributed by atoms with Gasteiger partial charge >= 0.3 is 0 Å². The van der Waals surface area contributed by atoms with Gasteiger partial charge in [0, 0.05) is 31.5 Å². The number of hydrogen-bond acceptors (Lipinski definition) is 5. The molecule has 0 bridgehead atoms. The van der Waals surface area contributed by atoms with Crippen LogP contribution in [0.1, 0.15) is 18.4 Å². The molecular weight excluding hydrogens is 256 g/mol. The molecule has 0 radical (unpaired) electrons. The normalized spacial score (nSPS) is 22.8. The largest absolute Gasteiger partial charge is 0.486 e. The Morgan fingerprint density at radius 1 is 1.25 bits per heavy atom. The molecule has 2 aliphatic heterocycles. The summed E-state index contributed by atoms with van der Waals surface area (Å²) in [6, 6.07) is 3.85. The van der Waals surface area contributed by atoms with Crippen LogP contribution >= 0.6 is 0 Å². The van der Waals surface area contributed by atoms with Gasteiger partial charge in [-0.1, -0.05) is 0 Å². The van der Waals surface area contributed by atoms with E-state index in [-0.39, 0.29) is 6.61 Å². The molecule has 1 unspecified atom stereocenters. The molecule has 1 aromatic carbocycles. The van der Waals surface area contributed by atoms with E-state index in [4.69, 9.17) is 15.2 Å². The second-order valence-electron chi connectivity index (χ2n) is 5.62. The molecule has 110 valence electrons. The summed E-state index contributed by atoms with van der Waals surface area (Å²) in [5.74, 6) is 1.92. The van der Waals surface area contributed by atoms with E-state index in [1.807, 2.05) is 12.1 Å². The van der Waals surface area contributed by atoms with E-state index >= 15 is 0 Å². The fourth-order valence-corrected chi connectivity index (χ4v) is 2.97. The van der Waals surface area contributed by atoms with Crippen LogP contribution in [0.15, 0.2) is 12.1 Å². The van der Waals surface area contributed by atoms with Crippen LogP contribution in [-0.4, -0.2) is 42.9 Å². The molecule has 0 amide bonds. The maximum atomic E-state index is 9.30. The van der Waals surface area contributed by atoms with E-state index in [1.165, 1.54) is 0 Å². The number of anilines is 1. The summed E-state index contributed by atoms with van der Waals surface area (Å²) in [5, 5.41) is 9.30. The highest BCUT2D eigenvalue weighted by atomic mass is 16.6. The zero-order valence-corrected chi connectivity index (χ0v) is 11.7. The van der Waals surface area contributed by atoms with Gasteiger partial charge in [-0.2, -0.15) is 0 Å². The highest BCUT2D eigenvalue weighted by Crippen LogP contribution is 2.35. The fraction of sp³-hybridized carbons (Fsp3) is 0.600. The topological polar surface area (TPSA) is 68.0 Å². The van der Waals surface area contributed by atoms with E-state index in [1.54, 1.807) is 0 Å². The maximum Gasteiger partial charge on any atom is 0.163 e. The van der Waals surface area contributed by atoms with Crippen molar-refractivity contribution >= 4 is 5.69 Å². The molecule has 1 aromatic rings. The molecule has 2 heterocycles. The number of nitrogen functional groups attached to an aromatic ring is 1. The van der Waals surface area contributed by atoms with Crippen molar-refractivity contribution < 1.29 is 14.6 Å². The summed E-state index contributed by atoms with van der Waals surface area (Å²) < 4.78 is 11.1. The third kappa shape index (κ3) is 2.83. The quantitative estimate of drug-likeness (QED) is 0.814. The van der Waals surface area contributed by atoms with Gasteiger partial charge in [-0.25, -0.2) is 0 Å². The van der Waals surface area contributed by atoms with Crippen molar-refractivity contribution in [1.29, 1.82) is 0 Å². The van der Waals surface area contributed by atoms with Crippen molar-refractivity contribution in [2.45, 2.75) is 19.4 Å². The minimum atomic E-state index is 0.271. The minimum Gasteiger partial charge on any atom is -0.486 e. The predicted molar refractivity (Wildman–Crippen MR) is 76.9 cm³/mol. The highest BCUT2D eigenvalue weighted by Gasteiger charge is 2.21. The van der Waals surface area contributed by atoms with Gasteiger partial charge in [0.15, 0.2) is 11.5 Å². The third-order valence-electron chi connectivity index (χ3n) is 4.06. The van der Waals surface area contributed by atoms with Crippen LogP contribution in [0, 0.1) is 5.92 Å². The number of piperidine rings is 1. The predicted octanol–water partition coefficient (Wildman–Crippen LogP) is 1.24. The van der Waals surface area contributed by atoms with Gasteiger partial charge in [-0.3, -0.25) is 4.90 Å². The van der Waals surface area contributed by atoms with Crippen molar-refractivity contribution in [2.24, 2.45) is 5.92 Å². The zero-order valence-electron chi connectivity index (χ0n) is 11.7. The first-order chi connectivity index (χ1) is 9.76. The summed E-state index contributed by atoms with van der Waals surface area (Å²) in [6.45, 7) is 4.24. The van der Waals surface area contributed by atoms with Crippen LogP contribution in [-0.2, 0) is 6.54 Å². The summed E-state index contributed by atoms with van der Waals surface area (Å²) in [7, 11) is 0. The maximum absolute atomic E-state index is 9.30. The first-order valence-corrected chi connectivity index (χ1v) is 7.27. The van der Waals surface area contributed by atoms with Crippen molar-refractivity contribution in [1.82, 2.24) is 4.90 Å². The van der Waals surface area contributed by atoms with E-state index in [9.17, 15) is 5.11 Å².